The summed E-state index contributed by atoms with van der Waals surface area (Å²) in [4.78, 5) is 37.7. The van der Waals surface area contributed by atoms with Crippen molar-refractivity contribution in [3.05, 3.63) is 59.7 Å². The molecule has 2 amide bonds. The number of ether oxygens (including phenoxy) is 1. The Bertz CT molecular complexity index is 841. The maximum absolute atomic E-state index is 12.3. The molecule has 0 aliphatic carbocycles. The molecule has 1 fully saturated rings. The summed E-state index contributed by atoms with van der Waals surface area (Å²) in [5.41, 5.74) is 2.42. The molecule has 28 heavy (non-hydrogen) atoms. The molecule has 0 unspecified atom stereocenters. The maximum atomic E-state index is 12.3. The van der Waals surface area contributed by atoms with Crippen LogP contribution in [0.4, 0.5) is 11.4 Å². The van der Waals surface area contributed by atoms with Crippen molar-refractivity contribution in [2.24, 2.45) is 0 Å². The molecule has 0 radical (unpaired) electrons. The third-order valence-electron chi connectivity index (χ3n) is 4.57. The fourth-order valence-electron chi connectivity index (χ4n) is 3.03. The molecule has 1 saturated heterocycles. The van der Waals surface area contributed by atoms with Crippen LogP contribution in [0.3, 0.4) is 0 Å². The predicted octanol–water partition coefficient (Wildman–Crippen LogP) is 2.76. The lowest BCUT2D eigenvalue weighted by Crippen LogP contribution is -2.27. The van der Waals surface area contributed by atoms with E-state index in [1.807, 2.05) is 4.90 Å². The fraction of sp³-hybridized carbons (Fsp3) is 0.286. The summed E-state index contributed by atoms with van der Waals surface area (Å²) < 4.78 is 4.64. The van der Waals surface area contributed by atoms with Gasteiger partial charge < -0.3 is 20.3 Å². The molecule has 1 aliphatic rings. The number of methoxy groups -OCH3 is 1. The lowest BCUT2D eigenvalue weighted by Gasteiger charge is -2.15. The Morgan fingerprint density at radius 1 is 0.893 bits per heavy atom. The quantitative estimate of drug-likeness (QED) is 0.752. The summed E-state index contributed by atoms with van der Waals surface area (Å²) in [6.07, 6.45) is 2.12. The second-order valence-corrected chi connectivity index (χ2v) is 6.55. The van der Waals surface area contributed by atoms with Gasteiger partial charge in [0.1, 0.15) is 0 Å². The van der Waals surface area contributed by atoms with Crippen LogP contribution in [-0.4, -0.2) is 49.4 Å². The zero-order valence-electron chi connectivity index (χ0n) is 15.7. The summed E-state index contributed by atoms with van der Waals surface area (Å²) in [5.74, 6) is -0.591. The molecular formula is C21H23N3O4. The Morgan fingerprint density at radius 3 is 2.07 bits per heavy atom. The largest absolute Gasteiger partial charge is 0.465 e. The van der Waals surface area contributed by atoms with Gasteiger partial charge in [-0.1, -0.05) is 0 Å². The number of nitrogens with zero attached hydrogens (tertiary/aromatic N) is 1. The molecule has 2 N–H and O–H groups in total. The Balaban J connectivity index is 1.49. The van der Waals surface area contributed by atoms with E-state index in [0.717, 1.165) is 31.6 Å². The van der Waals surface area contributed by atoms with Gasteiger partial charge in [-0.2, -0.15) is 0 Å². The third-order valence-corrected chi connectivity index (χ3v) is 4.57. The number of amides is 2. The zero-order valence-corrected chi connectivity index (χ0v) is 15.7. The number of anilines is 2. The Morgan fingerprint density at radius 2 is 1.46 bits per heavy atom. The highest BCUT2D eigenvalue weighted by atomic mass is 16.5. The molecule has 146 valence electrons. The van der Waals surface area contributed by atoms with Gasteiger partial charge in [0.05, 0.1) is 19.2 Å². The van der Waals surface area contributed by atoms with Crippen LogP contribution >= 0.6 is 0 Å². The van der Waals surface area contributed by atoms with E-state index >= 15 is 0 Å². The van der Waals surface area contributed by atoms with E-state index < -0.39 is 5.97 Å². The van der Waals surface area contributed by atoms with Gasteiger partial charge in [-0.3, -0.25) is 9.59 Å². The van der Waals surface area contributed by atoms with Crippen LogP contribution in [0.25, 0.3) is 0 Å². The second-order valence-electron chi connectivity index (χ2n) is 6.55. The van der Waals surface area contributed by atoms with Crippen molar-refractivity contribution in [1.29, 1.82) is 0 Å². The number of hydrogen-bond acceptors (Lipinski definition) is 5. The van der Waals surface area contributed by atoms with Crippen LogP contribution in [0, 0.1) is 0 Å². The van der Waals surface area contributed by atoms with E-state index in [-0.39, 0.29) is 18.4 Å². The molecule has 0 saturated carbocycles. The number of carbonyl (C=O) groups excluding carboxylic acids is 3. The van der Waals surface area contributed by atoms with E-state index in [0.29, 0.717) is 16.8 Å². The highest BCUT2D eigenvalue weighted by Gasteiger charge is 2.19. The molecule has 3 rings (SSSR count). The topological polar surface area (TPSA) is 87.7 Å². The first-order chi connectivity index (χ1) is 13.6. The molecule has 1 heterocycles. The molecular weight excluding hydrogens is 358 g/mol. The lowest BCUT2D eigenvalue weighted by atomic mass is 10.2. The van der Waals surface area contributed by atoms with Crippen molar-refractivity contribution >= 4 is 29.2 Å². The van der Waals surface area contributed by atoms with Gasteiger partial charge >= 0.3 is 5.97 Å². The zero-order chi connectivity index (χ0) is 19.9. The maximum Gasteiger partial charge on any atom is 0.337 e. The van der Waals surface area contributed by atoms with Gasteiger partial charge in [0.25, 0.3) is 5.91 Å². The number of carbonyl (C=O) groups is 3. The van der Waals surface area contributed by atoms with E-state index in [2.05, 4.69) is 15.4 Å². The van der Waals surface area contributed by atoms with Gasteiger partial charge in [-0.15, -0.1) is 0 Å². The molecule has 7 heteroatoms. The van der Waals surface area contributed by atoms with Gasteiger partial charge in [0.2, 0.25) is 5.91 Å². The van der Waals surface area contributed by atoms with Crippen molar-refractivity contribution in [1.82, 2.24) is 4.90 Å². The second kappa shape index (κ2) is 9.03. The third kappa shape index (κ3) is 4.88. The smallest absolute Gasteiger partial charge is 0.337 e. The average Bonchev–Trinajstić information content (AvgIpc) is 3.27. The van der Waals surface area contributed by atoms with Crippen molar-refractivity contribution < 1.29 is 19.1 Å². The molecule has 0 spiro atoms. The average molecular weight is 381 g/mol. The number of rotatable bonds is 6. The lowest BCUT2D eigenvalue weighted by molar-refractivity contribution is -0.114. The highest BCUT2D eigenvalue weighted by molar-refractivity contribution is 5.96. The fourth-order valence-corrected chi connectivity index (χ4v) is 3.03. The Hall–Kier alpha value is -3.35. The van der Waals surface area contributed by atoms with Crippen LogP contribution < -0.4 is 10.6 Å². The van der Waals surface area contributed by atoms with Gasteiger partial charge in [-0.25, -0.2) is 4.79 Å². The minimum atomic E-state index is -0.425. The molecule has 2 aromatic carbocycles. The molecule has 0 aromatic heterocycles. The Labute approximate surface area is 163 Å². The van der Waals surface area contributed by atoms with Crippen LogP contribution in [0.2, 0.25) is 0 Å². The summed E-state index contributed by atoms with van der Waals surface area (Å²) in [5, 5.41) is 5.78. The molecule has 0 atom stereocenters. The summed E-state index contributed by atoms with van der Waals surface area (Å²) in [7, 11) is 1.32. The number of hydrogen-bond donors (Lipinski definition) is 2. The molecule has 1 aliphatic heterocycles. The predicted molar refractivity (Wildman–Crippen MR) is 106 cm³/mol. The summed E-state index contributed by atoms with van der Waals surface area (Å²) in [6, 6.07) is 13.6. The van der Waals surface area contributed by atoms with E-state index in [1.54, 1.807) is 48.5 Å². The van der Waals surface area contributed by atoms with E-state index in [9.17, 15) is 14.4 Å². The minimum absolute atomic E-state index is 0.0530. The van der Waals surface area contributed by atoms with Crippen molar-refractivity contribution in [3.8, 4) is 0 Å². The summed E-state index contributed by atoms with van der Waals surface area (Å²) >= 11 is 0. The van der Waals surface area contributed by atoms with E-state index in [4.69, 9.17) is 0 Å². The highest BCUT2D eigenvalue weighted by Crippen LogP contribution is 2.15. The SMILES string of the molecule is COC(=O)c1ccc(NC(=O)CNc2ccc(C(=O)N3CCCC3)cc2)cc1. The van der Waals surface area contributed by atoms with Crippen LogP contribution in [0.5, 0.6) is 0 Å². The minimum Gasteiger partial charge on any atom is -0.465 e. The standard InChI is InChI=1S/C21H23N3O4/c1-28-21(27)16-6-10-18(11-7-16)23-19(25)14-22-17-8-4-15(5-9-17)20(26)24-12-2-3-13-24/h4-11,22H,2-3,12-14H2,1H3,(H,23,25). The van der Waals surface area contributed by atoms with Crippen molar-refractivity contribution in [2.45, 2.75) is 12.8 Å². The number of esters is 1. The van der Waals surface area contributed by atoms with E-state index in [1.165, 1.54) is 7.11 Å². The first-order valence-electron chi connectivity index (χ1n) is 9.18. The van der Waals surface area contributed by atoms with Gasteiger partial charge in [0, 0.05) is 30.0 Å². The molecule has 2 aromatic rings. The molecule has 0 bridgehead atoms. The molecule has 7 nitrogen and oxygen atoms in total. The number of likely N-dealkylation sites (tertiary alicyclic amines) is 1. The van der Waals surface area contributed by atoms with Gasteiger partial charge in [0.15, 0.2) is 0 Å². The first-order valence-corrected chi connectivity index (χ1v) is 9.18. The summed E-state index contributed by atoms with van der Waals surface area (Å²) in [6.45, 7) is 1.72. The first kappa shape index (κ1) is 19.4. The van der Waals surface area contributed by atoms with Crippen LogP contribution in [0.15, 0.2) is 48.5 Å². The van der Waals surface area contributed by atoms with Gasteiger partial charge in [-0.05, 0) is 61.4 Å². The number of benzene rings is 2. The number of nitrogens with one attached hydrogen (secondary N) is 2. The van der Waals surface area contributed by atoms with Crippen LogP contribution in [0.1, 0.15) is 33.6 Å². The monoisotopic (exact) mass is 381 g/mol. The van der Waals surface area contributed by atoms with Crippen molar-refractivity contribution in [3.63, 3.8) is 0 Å². The van der Waals surface area contributed by atoms with Crippen LogP contribution in [-0.2, 0) is 9.53 Å². The normalized spacial score (nSPS) is 13.1. The van der Waals surface area contributed by atoms with Crippen molar-refractivity contribution in [2.75, 3.05) is 37.4 Å². The Kier molecular flexibility index (Phi) is 6.26.